The van der Waals surface area contributed by atoms with Crippen molar-refractivity contribution < 1.29 is 18.3 Å². The SMILES string of the molecule is Cl.OC[C@@H]1CNC[C@H]1c1c(F)ccc(F)c1F. The van der Waals surface area contributed by atoms with Gasteiger partial charge in [-0.2, -0.15) is 0 Å². The maximum absolute atomic E-state index is 13.5. The van der Waals surface area contributed by atoms with E-state index in [1.807, 2.05) is 0 Å². The third-order valence-corrected chi connectivity index (χ3v) is 3.02. The number of aliphatic hydroxyl groups excluding tert-OH is 1. The van der Waals surface area contributed by atoms with E-state index in [-0.39, 0.29) is 30.5 Å². The summed E-state index contributed by atoms with van der Waals surface area (Å²) in [6.45, 7) is 0.659. The Hall–Kier alpha value is -0.780. The van der Waals surface area contributed by atoms with Gasteiger partial charge in [-0.25, -0.2) is 13.2 Å². The van der Waals surface area contributed by atoms with Crippen molar-refractivity contribution in [2.24, 2.45) is 5.92 Å². The zero-order chi connectivity index (χ0) is 11.7. The summed E-state index contributed by atoms with van der Waals surface area (Å²) in [5, 5.41) is 12.0. The second kappa shape index (κ2) is 5.71. The highest BCUT2D eigenvalue weighted by atomic mass is 35.5. The van der Waals surface area contributed by atoms with E-state index in [1.165, 1.54) is 0 Å². The van der Waals surface area contributed by atoms with E-state index in [0.29, 0.717) is 13.1 Å². The summed E-state index contributed by atoms with van der Waals surface area (Å²) in [7, 11) is 0. The number of benzene rings is 1. The Morgan fingerprint density at radius 2 is 1.82 bits per heavy atom. The molecule has 2 atom stereocenters. The molecule has 96 valence electrons. The predicted octanol–water partition coefficient (Wildman–Crippen LogP) is 1.82. The van der Waals surface area contributed by atoms with E-state index < -0.39 is 23.4 Å². The molecule has 0 aromatic heterocycles. The fourth-order valence-electron chi connectivity index (χ4n) is 2.15. The van der Waals surface area contributed by atoms with Crippen LogP contribution >= 0.6 is 12.4 Å². The highest BCUT2D eigenvalue weighted by Crippen LogP contribution is 2.32. The summed E-state index contributed by atoms with van der Waals surface area (Å²) in [6.07, 6.45) is 0. The molecule has 0 unspecified atom stereocenters. The Kier molecular flexibility index (Phi) is 4.80. The van der Waals surface area contributed by atoms with Crippen LogP contribution in [0.1, 0.15) is 11.5 Å². The standard InChI is InChI=1S/C11H12F3NO.ClH/c12-8-1-2-9(13)11(14)10(8)7-4-15-3-6(7)5-16;/h1-2,6-7,15-16H,3-5H2;1H/t6-,7+;/m0./s1. The molecule has 0 aliphatic carbocycles. The summed E-state index contributed by atoms with van der Waals surface area (Å²) in [5.74, 6) is -3.75. The molecule has 6 heteroatoms. The highest BCUT2D eigenvalue weighted by Gasteiger charge is 2.32. The van der Waals surface area contributed by atoms with Gasteiger partial charge in [0.25, 0.3) is 0 Å². The van der Waals surface area contributed by atoms with E-state index in [0.717, 1.165) is 12.1 Å². The Morgan fingerprint density at radius 1 is 1.18 bits per heavy atom. The van der Waals surface area contributed by atoms with Crippen LogP contribution in [-0.2, 0) is 0 Å². The molecule has 1 aromatic carbocycles. The summed E-state index contributed by atoms with van der Waals surface area (Å²) in [5.41, 5.74) is -0.260. The number of nitrogens with one attached hydrogen (secondary N) is 1. The molecule has 0 spiro atoms. The van der Waals surface area contributed by atoms with Crippen molar-refractivity contribution in [3.8, 4) is 0 Å². The lowest BCUT2D eigenvalue weighted by atomic mass is 9.88. The smallest absolute Gasteiger partial charge is 0.165 e. The molecule has 1 fully saturated rings. The highest BCUT2D eigenvalue weighted by molar-refractivity contribution is 5.85. The van der Waals surface area contributed by atoms with Crippen molar-refractivity contribution in [1.82, 2.24) is 5.32 Å². The molecular weight excluding hydrogens is 255 g/mol. The quantitative estimate of drug-likeness (QED) is 0.801. The van der Waals surface area contributed by atoms with Crippen LogP contribution in [0.15, 0.2) is 12.1 Å². The molecule has 2 nitrogen and oxygen atoms in total. The number of hydrogen-bond acceptors (Lipinski definition) is 2. The number of hydrogen-bond donors (Lipinski definition) is 2. The van der Waals surface area contributed by atoms with Crippen LogP contribution in [0, 0.1) is 23.4 Å². The maximum atomic E-state index is 13.5. The molecule has 17 heavy (non-hydrogen) atoms. The average molecular weight is 268 g/mol. The van der Waals surface area contributed by atoms with Gasteiger partial charge >= 0.3 is 0 Å². The van der Waals surface area contributed by atoms with Crippen molar-refractivity contribution in [2.75, 3.05) is 19.7 Å². The van der Waals surface area contributed by atoms with Crippen LogP contribution in [0.3, 0.4) is 0 Å². The van der Waals surface area contributed by atoms with E-state index in [4.69, 9.17) is 5.11 Å². The lowest BCUT2D eigenvalue weighted by Gasteiger charge is -2.18. The lowest BCUT2D eigenvalue weighted by Crippen LogP contribution is -2.17. The second-order valence-corrected chi connectivity index (χ2v) is 3.96. The molecule has 1 aliphatic heterocycles. The Labute approximate surface area is 103 Å². The predicted molar refractivity (Wildman–Crippen MR) is 59.8 cm³/mol. The van der Waals surface area contributed by atoms with Gasteiger partial charge in [-0.15, -0.1) is 12.4 Å². The topological polar surface area (TPSA) is 32.3 Å². The van der Waals surface area contributed by atoms with Crippen molar-refractivity contribution in [1.29, 1.82) is 0 Å². The van der Waals surface area contributed by atoms with Gasteiger partial charge in [0.2, 0.25) is 0 Å². The lowest BCUT2D eigenvalue weighted by molar-refractivity contribution is 0.223. The van der Waals surface area contributed by atoms with E-state index in [1.54, 1.807) is 0 Å². The first kappa shape index (κ1) is 14.3. The van der Waals surface area contributed by atoms with Gasteiger partial charge in [0.05, 0.1) is 0 Å². The molecular formula is C11H13ClF3NO. The third-order valence-electron chi connectivity index (χ3n) is 3.02. The van der Waals surface area contributed by atoms with Crippen LogP contribution in [-0.4, -0.2) is 24.8 Å². The molecule has 1 saturated heterocycles. The minimum absolute atomic E-state index is 0. The largest absolute Gasteiger partial charge is 0.396 e. The Bertz CT molecular complexity index is 403. The van der Waals surface area contributed by atoms with E-state index >= 15 is 0 Å². The normalized spacial score (nSPS) is 23.5. The zero-order valence-electron chi connectivity index (χ0n) is 8.92. The van der Waals surface area contributed by atoms with Crippen LogP contribution in [0.25, 0.3) is 0 Å². The van der Waals surface area contributed by atoms with Gasteiger partial charge in [-0.05, 0) is 12.1 Å². The average Bonchev–Trinajstić information content (AvgIpc) is 2.72. The monoisotopic (exact) mass is 267 g/mol. The van der Waals surface area contributed by atoms with Crippen LogP contribution in [0.4, 0.5) is 13.2 Å². The number of rotatable bonds is 2. The molecule has 0 saturated carbocycles. The molecule has 0 radical (unpaired) electrons. The summed E-state index contributed by atoms with van der Waals surface area (Å²) < 4.78 is 40.0. The van der Waals surface area contributed by atoms with Crippen molar-refractivity contribution in [3.63, 3.8) is 0 Å². The summed E-state index contributed by atoms with van der Waals surface area (Å²) in [6, 6.07) is 1.69. The molecule has 0 bridgehead atoms. The first-order valence-corrected chi connectivity index (χ1v) is 5.10. The molecule has 2 rings (SSSR count). The molecule has 2 N–H and O–H groups in total. The molecule has 0 amide bonds. The van der Waals surface area contributed by atoms with Gasteiger partial charge in [0.15, 0.2) is 11.6 Å². The fourth-order valence-corrected chi connectivity index (χ4v) is 2.15. The van der Waals surface area contributed by atoms with Crippen LogP contribution in [0.5, 0.6) is 0 Å². The first-order valence-electron chi connectivity index (χ1n) is 5.10. The van der Waals surface area contributed by atoms with Crippen molar-refractivity contribution >= 4 is 12.4 Å². The van der Waals surface area contributed by atoms with Gasteiger partial charge in [0, 0.05) is 37.1 Å². The molecule has 1 aliphatic rings. The summed E-state index contributed by atoms with van der Waals surface area (Å²) in [4.78, 5) is 0. The van der Waals surface area contributed by atoms with Crippen molar-refractivity contribution in [2.45, 2.75) is 5.92 Å². The Balaban J connectivity index is 0.00000144. The third kappa shape index (κ3) is 2.56. The van der Waals surface area contributed by atoms with Gasteiger partial charge in [-0.3, -0.25) is 0 Å². The first-order chi connectivity index (χ1) is 7.65. The van der Waals surface area contributed by atoms with Crippen LogP contribution < -0.4 is 5.32 Å². The molecule has 1 aromatic rings. The molecule has 1 heterocycles. The van der Waals surface area contributed by atoms with Crippen LogP contribution in [0.2, 0.25) is 0 Å². The zero-order valence-corrected chi connectivity index (χ0v) is 9.74. The van der Waals surface area contributed by atoms with Gasteiger partial charge in [-0.1, -0.05) is 0 Å². The maximum Gasteiger partial charge on any atom is 0.165 e. The van der Waals surface area contributed by atoms with Gasteiger partial charge < -0.3 is 10.4 Å². The van der Waals surface area contributed by atoms with Gasteiger partial charge in [0.1, 0.15) is 5.82 Å². The van der Waals surface area contributed by atoms with E-state index in [9.17, 15) is 13.2 Å². The van der Waals surface area contributed by atoms with Crippen molar-refractivity contribution in [3.05, 3.63) is 35.1 Å². The fraction of sp³-hybridized carbons (Fsp3) is 0.455. The number of aliphatic hydroxyl groups is 1. The summed E-state index contributed by atoms with van der Waals surface area (Å²) >= 11 is 0. The Morgan fingerprint density at radius 3 is 2.47 bits per heavy atom. The minimum atomic E-state index is -1.15. The second-order valence-electron chi connectivity index (χ2n) is 3.96. The number of halogens is 4. The minimum Gasteiger partial charge on any atom is -0.396 e. The van der Waals surface area contributed by atoms with E-state index in [2.05, 4.69) is 5.32 Å².